The van der Waals surface area contributed by atoms with E-state index in [4.69, 9.17) is 9.97 Å². The molecule has 0 spiro atoms. The Labute approximate surface area is 280 Å². The van der Waals surface area contributed by atoms with Crippen LogP contribution in [0.1, 0.15) is 0 Å². The van der Waals surface area contributed by atoms with Crippen LogP contribution in [-0.4, -0.2) is 19.9 Å². The van der Waals surface area contributed by atoms with Gasteiger partial charge in [0, 0.05) is 40.2 Å². The van der Waals surface area contributed by atoms with Gasteiger partial charge in [0.1, 0.15) is 0 Å². The Bertz CT molecular complexity index is 2130. The van der Waals surface area contributed by atoms with Crippen LogP contribution < -0.4 is 0 Å². The smallest absolute Gasteiger partial charge is 0.160 e. The second-order valence-electron chi connectivity index (χ2n) is 11.6. The fourth-order valence-electron chi connectivity index (χ4n) is 5.91. The minimum absolute atomic E-state index is 0.675. The van der Waals surface area contributed by atoms with E-state index in [-0.39, 0.29) is 0 Å². The van der Waals surface area contributed by atoms with Crippen LogP contribution in [0.15, 0.2) is 182 Å². The number of rotatable bonds is 7. The average Bonchev–Trinajstić information content (AvgIpc) is 3.19. The molecule has 8 rings (SSSR count). The summed E-state index contributed by atoms with van der Waals surface area (Å²) < 4.78 is 0. The number of hydrogen-bond acceptors (Lipinski definition) is 4. The molecule has 0 amide bonds. The molecule has 0 unspecified atom stereocenters. The minimum Gasteiger partial charge on any atom is -0.256 e. The first-order valence-corrected chi connectivity index (χ1v) is 16.0. The van der Waals surface area contributed by atoms with Crippen LogP contribution in [0.2, 0.25) is 0 Å². The van der Waals surface area contributed by atoms with Crippen molar-refractivity contribution >= 4 is 0 Å². The summed E-state index contributed by atoms with van der Waals surface area (Å²) in [5.74, 6) is 0.675. The first kappa shape index (κ1) is 28.9. The maximum Gasteiger partial charge on any atom is 0.160 e. The average molecular weight is 615 g/mol. The highest BCUT2D eigenvalue weighted by Crippen LogP contribution is 2.35. The van der Waals surface area contributed by atoms with Gasteiger partial charge >= 0.3 is 0 Å². The molecule has 0 aliphatic heterocycles. The van der Waals surface area contributed by atoms with E-state index in [1.165, 1.54) is 0 Å². The van der Waals surface area contributed by atoms with E-state index in [1.54, 1.807) is 0 Å². The van der Waals surface area contributed by atoms with E-state index in [1.807, 2.05) is 85.2 Å². The van der Waals surface area contributed by atoms with E-state index in [2.05, 4.69) is 107 Å². The quantitative estimate of drug-likeness (QED) is 0.179. The fourth-order valence-corrected chi connectivity index (χ4v) is 5.91. The Hall–Kier alpha value is -6.52. The van der Waals surface area contributed by atoms with Gasteiger partial charge in [-0.15, -0.1) is 0 Å². The molecule has 0 radical (unpaired) electrons. The molecule has 0 saturated heterocycles. The van der Waals surface area contributed by atoms with Gasteiger partial charge in [-0.3, -0.25) is 9.97 Å². The van der Waals surface area contributed by atoms with Crippen LogP contribution in [0.25, 0.3) is 78.7 Å². The van der Waals surface area contributed by atoms with E-state index >= 15 is 0 Å². The molecular formula is C44H30N4. The van der Waals surface area contributed by atoms with E-state index < -0.39 is 0 Å². The summed E-state index contributed by atoms with van der Waals surface area (Å²) in [5.41, 5.74) is 13.2. The van der Waals surface area contributed by atoms with Crippen molar-refractivity contribution in [3.63, 3.8) is 0 Å². The van der Waals surface area contributed by atoms with Gasteiger partial charge in [0.05, 0.1) is 22.8 Å². The second kappa shape index (κ2) is 13.1. The zero-order valence-electron chi connectivity index (χ0n) is 26.1. The largest absolute Gasteiger partial charge is 0.256 e. The molecule has 0 fully saturated rings. The normalized spacial score (nSPS) is 10.9. The molecule has 3 aromatic heterocycles. The predicted octanol–water partition coefficient (Wildman–Crippen LogP) is 10.9. The van der Waals surface area contributed by atoms with Crippen molar-refractivity contribution < 1.29 is 0 Å². The Balaban J connectivity index is 1.28. The second-order valence-corrected chi connectivity index (χ2v) is 11.6. The van der Waals surface area contributed by atoms with Crippen molar-refractivity contribution in [3.8, 4) is 78.7 Å². The van der Waals surface area contributed by atoms with Crippen LogP contribution in [0.5, 0.6) is 0 Å². The Morgan fingerprint density at radius 3 is 1.04 bits per heavy atom. The zero-order valence-corrected chi connectivity index (χ0v) is 26.1. The van der Waals surface area contributed by atoms with Gasteiger partial charge in [-0.1, -0.05) is 121 Å². The topological polar surface area (TPSA) is 51.6 Å². The lowest BCUT2D eigenvalue weighted by atomic mass is 9.94. The highest BCUT2D eigenvalue weighted by Gasteiger charge is 2.14. The Morgan fingerprint density at radius 2 is 0.625 bits per heavy atom. The molecule has 0 saturated carbocycles. The molecular weight excluding hydrogens is 585 g/mol. The van der Waals surface area contributed by atoms with Crippen LogP contribution in [-0.2, 0) is 0 Å². The van der Waals surface area contributed by atoms with Gasteiger partial charge in [-0.05, 0) is 70.8 Å². The first-order chi connectivity index (χ1) is 23.8. The third kappa shape index (κ3) is 6.15. The number of benzene rings is 5. The van der Waals surface area contributed by atoms with E-state index in [9.17, 15) is 0 Å². The van der Waals surface area contributed by atoms with Crippen molar-refractivity contribution in [2.24, 2.45) is 0 Å². The molecule has 3 heterocycles. The number of hydrogen-bond donors (Lipinski definition) is 0. The summed E-state index contributed by atoms with van der Waals surface area (Å²) in [6, 6.07) is 58.4. The van der Waals surface area contributed by atoms with Gasteiger partial charge < -0.3 is 0 Å². The molecule has 0 aliphatic carbocycles. The zero-order chi connectivity index (χ0) is 32.1. The van der Waals surface area contributed by atoms with Gasteiger partial charge in [0.2, 0.25) is 0 Å². The summed E-state index contributed by atoms with van der Waals surface area (Å²) >= 11 is 0. The maximum absolute atomic E-state index is 5.15. The fraction of sp³-hybridized carbons (Fsp3) is 0. The monoisotopic (exact) mass is 614 g/mol. The SMILES string of the molecule is c1ccc(-c2cc(-c3ccccc3)nc(-c3cc(-c4ccc(-c5ccccn5)cc4)cc(-c4ccc(-c5ccccn5)cc4)c3)n2)cc1. The molecule has 0 N–H and O–H groups in total. The Kier molecular flexibility index (Phi) is 7.87. The first-order valence-electron chi connectivity index (χ1n) is 16.0. The highest BCUT2D eigenvalue weighted by atomic mass is 14.9. The van der Waals surface area contributed by atoms with Crippen molar-refractivity contribution in [2.75, 3.05) is 0 Å². The molecule has 0 aliphatic rings. The summed E-state index contributed by atoms with van der Waals surface area (Å²) in [6.45, 7) is 0. The van der Waals surface area contributed by atoms with Gasteiger partial charge in [0.15, 0.2) is 5.82 Å². The maximum atomic E-state index is 5.15. The highest BCUT2D eigenvalue weighted by molar-refractivity contribution is 5.82. The molecule has 0 bridgehead atoms. The molecule has 226 valence electrons. The predicted molar refractivity (Wildman–Crippen MR) is 196 cm³/mol. The molecule has 48 heavy (non-hydrogen) atoms. The number of aromatic nitrogens is 4. The summed E-state index contributed by atoms with van der Waals surface area (Å²) in [6.07, 6.45) is 3.65. The van der Waals surface area contributed by atoms with Crippen molar-refractivity contribution in [1.82, 2.24) is 19.9 Å². The van der Waals surface area contributed by atoms with Crippen molar-refractivity contribution in [2.45, 2.75) is 0 Å². The van der Waals surface area contributed by atoms with Crippen molar-refractivity contribution in [3.05, 3.63) is 182 Å². The van der Waals surface area contributed by atoms with Crippen molar-refractivity contribution in [1.29, 1.82) is 0 Å². The molecule has 0 atom stereocenters. The lowest BCUT2D eigenvalue weighted by Crippen LogP contribution is -1.97. The van der Waals surface area contributed by atoms with Gasteiger partial charge in [-0.2, -0.15) is 0 Å². The minimum atomic E-state index is 0.675. The number of nitrogens with zero attached hydrogens (tertiary/aromatic N) is 4. The molecule has 8 aromatic rings. The molecule has 5 aromatic carbocycles. The summed E-state index contributed by atoms with van der Waals surface area (Å²) in [5, 5.41) is 0. The third-order valence-electron chi connectivity index (χ3n) is 8.41. The van der Waals surface area contributed by atoms with Crippen LogP contribution in [0.4, 0.5) is 0 Å². The van der Waals surface area contributed by atoms with Crippen LogP contribution in [0, 0.1) is 0 Å². The van der Waals surface area contributed by atoms with Gasteiger partial charge in [0.25, 0.3) is 0 Å². The molecule has 4 nitrogen and oxygen atoms in total. The number of pyridine rings is 2. The van der Waals surface area contributed by atoms with E-state index in [0.29, 0.717) is 5.82 Å². The summed E-state index contributed by atoms with van der Waals surface area (Å²) in [4.78, 5) is 19.4. The van der Waals surface area contributed by atoms with E-state index in [0.717, 1.165) is 72.8 Å². The van der Waals surface area contributed by atoms with Gasteiger partial charge in [-0.25, -0.2) is 9.97 Å². The standard InChI is InChI=1S/C44H30N4/c1-3-11-33(12-4-1)42-30-43(34-13-5-2-6-14-34)48-44(47-42)39-28-37(31-17-21-35(22-18-31)40-15-7-9-25-45-40)27-38(29-39)32-19-23-36(24-20-32)41-16-8-10-26-46-41/h1-30H. The van der Waals surface area contributed by atoms with Crippen LogP contribution >= 0.6 is 0 Å². The Morgan fingerprint density at radius 1 is 0.250 bits per heavy atom. The summed E-state index contributed by atoms with van der Waals surface area (Å²) in [7, 11) is 0. The molecule has 4 heteroatoms. The third-order valence-corrected chi connectivity index (χ3v) is 8.41. The lowest BCUT2D eigenvalue weighted by molar-refractivity contribution is 1.18. The lowest BCUT2D eigenvalue weighted by Gasteiger charge is -2.13. The van der Waals surface area contributed by atoms with Crippen LogP contribution in [0.3, 0.4) is 0 Å².